The highest BCUT2D eigenvalue weighted by Crippen LogP contribution is 1.63. The molecular weight excluding hydrogens is 90.1 g/mol. The third kappa shape index (κ3) is 5.01. The standard InChI is InChI=1S/C4H7N3/c1-3-6-7-4-5-2/h3-4H,2H2,1H3/b6-3-,7-4+. The van der Waals surface area contributed by atoms with Crippen molar-refractivity contribution in [1.82, 2.24) is 0 Å². The Kier molecular flexibility index (Phi) is 4.30. The summed E-state index contributed by atoms with van der Waals surface area (Å²) in [6, 6.07) is 0. The highest BCUT2D eigenvalue weighted by molar-refractivity contribution is 5.63. The lowest BCUT2D eigenvalue weighted by molar-refractivity contribution is 1.25. The van der Waals surface area contributed by atoms with Crippen molar-refractivity contribution in [2.75, 3.05) is 0 Å². The molecule has 38 valence electrons. The van der Waals surface area contributed by atoms with Crippen LogP contribution in [0.25, 0.3) is 0 Å². The third-order valence-electron chi connectivity index (χ3n) is 0.315. The van der Waals surface area contributed by atoms with Gasteiger partial charge in [0.15, 0.2) is 0 Å². The Balaban J connectivity index is 3.27. The van der Waals surface area contributed by atoms with Crippen LogP contribution in [-0.2, 0) is 0 Å². The molecule has 0 heterocycles. The summed E-state index contributed by atoms with van der Waals surface area (Å²) in [6.45, 7) is 4.94. The van der Waals surface area contributed by atoms with E-state index in [0.29, 0.717) is 0 Å². The minimum atomic E-state index is 1.28. The van der Waals surface area contributed by atoms with Crippen LogP contribution in [0.3, 0.4) is 0 Å². The number of nitrogens with zero attached hydrogens (tertiary/aromatic N) is 3. The lowest BCUT2D eigenvalue weighted by Gasteiger charge is -1.66. The van der Waals surface area contributed by atoms with Gasteiger partial charge in [-0.15, -0.1) is 5.10 Å². The maximum atomic E-state index is 3.47. The second-order valence-corrected chi connectivity index (χ2v) is 0.787. The topological polar surface area (TPSA) is 37.1 Å². The molecule has 7 heavy (non-hydrogen) atoms. The molecule has 0 radical (unpaired) electrons. The normalized spacial score (nSPS) is 11.0. The van der Waals surface area contributed by atoms with E-state index in [1.807, 2.05) is 0 Å². The first-order valence-corrected chi connectivity index (χ1v) is 1.87. The van der Waals surface area contributed by atoms with Gasteiger partial charge in [-0.3, -0.25) is 4.99 Å². The molecule has 0 aromatic carbocycles. The van der Waals surface area contributed by atoms with Gasteiger partial charge in [0.1, 0.15) is 6.34 Å². The average Bonchev–Trinajstić information content (AvgIpc) is 1.69. The van der Waals surface area contributed by atoms with E-state index in [-0.39, 0.29) is 0 Å². The molecule has 0 fully saturated rings. The quantitative estimate of drug-likeness (QED) is 0.276. The first-order chi connectivity index (χ1) is 3.41. The van der Waals surface area contributed by atoms with Gasteiger partial charge in [-0.1, -0.05) is 0 Å². The molecule has 0 atom stereocenters. The van der Waals surface area contributed by atoms with E-state index >= 15 is 0 Å². The fraction of sp³-hybridized carbons (Fsp3) is 0.250. The fourth-order valence-corrected chi connectivity index (χ4v) is 0.133. The zero-order valence-electron chi connectivity index (χ0n) is 4.20. The van der Waals surface area contributed by atoms with Crippen molar-refractivity contribution in [2.24, 2.45) is 15.2 Å². The highest BCUT2D eigenvalue weighted by Gasteiger charge is 1.52. The molecule has 0 amide bonds. The van der Waals surface area contributed by atoms with Crippen molar-refractivity contribution in [2.45, 2.75) is 6.92 Å². The van der Waals surface area contributed by atoms with Crippen molar-refractivity contribution >= 4 is 19.3 Å². The second kappa shape index (κ2) is 5.01. The maximum absolute atomic E-state index is 3.47. The summed E-state index contributed by atoms with van der Waals surface area (Å²) >= 11 is 0. The number of aliphatic imine (C=N–C) groups is 1. The molecule has 3 nitrogen and oxygen atoms in total. The Labute approximate surface area is 42.5 Å². The van der Waals surface area contributed by atoms with Crippen molar-refractivity contribution < 1.29 is 0 Å². The molecule has 0 saturated heterocycles. The molecule has 0 aromatic heterocycles. The van der Waals surface area contributed by atoms with E-state index in [0.717, 1.165) is 0 Å². The Morgan fingerprint density at radius 3 is 2.57 bits per heavy atom. The summed E-state index contributed by atoms with van der Waals surface area (Å²) in [4.78, 5) is 3.32. The van der Waals surface area contributed by atoms with E-state index in [1.165, 1.54) is 6.34 Å². The van der Waals surface area contributed by atoms with Gasteiger partial charge in [0, 0.05) is 6.21 Å². The van der Waals surface area contributed by atoms with Crippen LogP contribution in [0.5, 0.6) is 0 Å². The minimum Gasteiger partial charge on any atom is -0.251 e. The summed E-state index contributed by atoms with van der Waals surface area (Å²) in [5, 5.41) is 6.90. The van der Waals surface area contributed by atoms with Crippen LogP contribution >= 0.6 is 0 Å². The zero-order chi connectivity index (χ0) is 5.54. The summed E-state index contributed by atoms with van der Waals surface area (Å²) in [5.74, 6) is 0. The minimum absolute atomic E-state index is 1.28. The predicted molar refractivity (Wildman–Crippen MR) is 32.2 cm³/mol. The lowest BCUT2D eigenvalue weighted by Crippen LogP contribution is -1.59. The predicted octanol–water partition coefficient (Wildman–Crippen LogP) is 0.721. The number of rotatable bonds is 2. The number of hydrogen-bond acceptors (Lipinski definition) is 2. The van der Waals surface area contributed by atoms with Gasteiger partial charge >= 0.3 is 0 Å². The van der Waals surface area contributed by atoms with Gasteiger partial charge in [-0.2, -0.15) is 5.10 Å². The van der Waals surface area contributed by atoms with E-state index in [9.17, 15) is 0 Å². The Hall–Kier alpha value is -0.990. The molecular formula is C4H7N3. The lowest BCUT2D eigenvalue weighted by atomic mass is 10.9. The van der Waals surface area contributed by atoms with Crippen LogP contribution < -0.4 is 0 Å². The Morgan fingerprint density at radius 1 is 1.43 bits per heavy atom. The van der Waals surface area contributed by atoms with E-state index in [2.05, 4.69) is 21.9 Å². The monoisotopic (exact) mass is 97.1 g/mol. The van der Waals surface area contributed by atoms with E-state index in [1.54, 1.807) is 13.1 Å². The molecule has 0 bridgehead atoms. The SMILES string of the molecule is C=N/C=N/N=C\C. The van der Waals surface area contributed by atoms with Crippen molar-refractivity contribution in [3.05, 3.63) is 0 Å². The van der Waals surface area contributed by atoms with Crippen molar-refractivity contribution in [3.63, 3.8) is 0 Å². The Bertz CT molecular complexity index is 93.1. The van der Waals surface area contributed by atoms with Crippen LogP contribution in [0, 0.1) is 0 Å². The second-order valence-electron chi connectivity index (χ2n) is 0.787. The molecule has 0 saturated carbocycles. The van der Waals surface area contributed by atoms with Crippen LogP contribution in [-0.4, -0.2) is 19.3 Å². The van der Waals surface area contributed by atoms with Crippen LogP contribution in [0.15, 0.2) is 15.2 Å². The molecule has 0 aliphatic carbocycles. The molecule has 0 spiro atoms. The largest absolute Gasteiger partial charge is 0.251 e. The first kappa shape index (κ1) is 6.01. The summed E-state index contributed by atoms with van der Waals surface area (Å²) in [6.07, 6.45) is 2.85. The van der Waals surface area contributed by atoms with Crippen molar-refractivity contribution in [1.29, 1.82) is 0 Å². The molecule has 0 aromatic rings. The summed E-state index contributed by atoms with van der Waals surface area (Å²) < 4.78 is 0. The smallest absolute Gasteiger partial charge is 0.137 e. The van der Waals surface area contributed by atoms with Crippen molar-refractivity contribution in [3.8, 4) is 0 Å². The molecule has 3 heteroatoms. The van der Waals surface area contributed by atoms with Gasteiger partial charge in [-0.05, 0) is 13.6 Å². The van der Waals surface area contributed by atoms with E-state index < -0.39 is 0 Å². The van der Waals surface area contributed by atoms with E-state index in [4.69, 9.17) is 0 Å². The molecule has 0 aliphatic rings. The first-order valence-electron chi connectivity index (χ1n) is 1.87. The van der Waals surface area contributed by atoms with Gasteiger partial charge in [0.2, 0.25) is 0 Å². The Morgan fingerprint density at radius 2 is 2.14 bits per heavy atom. The van der Waals surface area contributed by atoms with Gasteiger partial charge in [0.25, 0.3) is 0 Å². The van der Waals surface area contributed by atoms with Crippen LogP contribution in [0.4, 0.5) is 0 Å². The molecule has 0 aliphatic heterocycles. The molecule has 0 N–H and O–H groups in total. The average molecular weight is 97.1 g/mol. The molecule has 0 unspecified atom stereocenters. The maximum Gasteiger partial charge on any atom is 0.137 e. The third-order valence-corrected chi connectivity index (χ3v) is 0.315. The fourth-order valence-electron chi connectivity index (χ4n) is 0.133. The number of hydrogen-bond donors (Lipinski definition) is 0. The summed E-state index contributed by atoms with van der Waals surface area (Å²) in [5.41, 5.74) is 0. The van der Waals surface area contributed by atoms with Gasteiger partial charge in [-0.25, -0.2) is 0 Å². The zero-order valence-corrected chi connectivity index (χ0v) is 4.20. The van der Waals surface area contributed by atoms with Crippen LogP contribution in [0.2, 0.25) is 0 Å². The van der Waals surface area contributed by atoms with Gasteiger partial charge in [0.05, 0.1) is 0 Å². The summed E-state index contributed by atoms with van der Waals surface area (Å²) in [7, 11) is 0. The van der Waals surface area contributed by atoms with Gasteiger partial charge < -0.3 is 0 Å². The van der Waals surface area contributed by atoms with Crippen LogP contribution in [0.1, 0.15) is 6.92 Å². The highest BCUT2D eigenvalue weighted by atomic mass is 15.2. The molecule has 0 rings (SSSR count).